The van der Waals surface area contributed by atoms with Crippen molar-refractivity contribution in [3.05, 3.63) is 71.8 Å². The van der Waals surface area contributed by atoms with Crippen LogP contribution >= 0.6 is 22.9 Å². The van der Waals surface area contributed by atoms with Crippen molar-refractivity contribution in [3.8, 4) is 0 Å². The van der Waals surface area contributed by atoms with Crippen LogP contribution in [0.1, 0.15) is 0 Å². The van der Waals surface area contributed by atoms with Crippen molar-refractivity contribution < 1.29 is 4.42 Å². The molecule has 0 N–H and O–H groups in total. The fraction of sp³-hybridized carbons (Fsp3) is 0. The number of furan rings is 1. The van der Waals surface area contributed by atoms with Gasteiger partial charge in [-0.05, 0) is 47.2 Å². The molecule has 118 valence electrons. The second kappa shape index (κ2) is 4.75. The number of thiophene rings is 1. The van der Waals surface area contributed by atoms with E-state index < -0.39 is 0 Å². The van der Waals surface area contributed by atoms with Crippen molar-refractivity contribution in [2.75, 3.05) is 0 Å². The van der Waals surface area contributed by atoms with Gasteiger partial charge in [0.15, 0.2) is 0 Å². The highest BCUT2D eigenvalue weighted by Gasteiger charge is 2.14. The van der Waals surface area contributed by atoms with Crippen molar-refractivity contribution in [2.24, 2.45) is 0 Å². The van der Waals surface area contributed by atoms with E-state index in [1.165, 1.54) is 30.9 Å². The van der Waals surface area contributed by atoms with Crippen LogP contribution in [0, 0.1) is 0 Å². The van der Waals surface area contributed by atoms with E-state index in [-0.39, 0.29) is 0 Å². The van der Waals surface area contributed by atoms with Crippen molar-refractivity contribution in [1.29, 1.82) is 0 Å². The molecule has 0 atom stereocenters. The smallest absolute Gasteiger partial charge is 0.136 e. The molecule has 0 aliphatic rings. The second-order valence-corrected chi connectivity index (χ2v) is 7.85. The molecule has 6 rings (SSSR count). The lowest BCUT2D eigenvalue weighted by atomic mass is 10.0. The lowest BCUT2D eigenvalue weighted by molar-refractivity contribution is 0.669. The molecule has 0 fully saturated rings. The maximum absolute atomic E-state index is 6.44. The van der Waals surface area contributed by atoms with Crippen molar-refractivity contribution in [1.82, 2.24) is 0 Å². The Labute approximate surface area is 152 Å². The van der Waals surface area contributed by atoms with Crippen LogP contribution in [0.15, 0.2) is 71.1 Å². The molecule has 0 aliphatic heterocycles. The lowest BCUT2D eigenvalue weighted by Crippen LogP contribution is -1.73. The average Bonchev–Trinajstić information content (AvgIpc) is 3.15. The van der Waals surface area contributed by atoms with Crippen LogP contribution in [0.25, 0.3) is 52.9 Å². The van der Waals surface area contributed by atoms with Gasteiger partial charge in [0, 0.05) is 30.9 Å². The SMILES string of the molecule is Clc1cccc2oc3cc4sc5cc6ccccc6cc5c4cc3c12. The van der Waals surface area contributed by atoms with Gasteiger partial charge in [-0.2, -0.15) is 0 Å². The van der Waals surface area contributed by atoms with Crippen molar-refractivity contribution in [2.45, 2.75) is 0 Å². The molecule has 2 heterocycles. The zero-order valence-corrected chi connectivity index (χ0v) is 14.6. The van der Waals surface area contributed by atoms with Crippen LogP contribution in [-0.4, -0.2) is 0 Å². The fourth-order valence-electron chi connectivity index (χ4n) is 3.74. The lowest BCUT2D eigenvalue weighted by Gasteiger charge is -1.98. The second-order valence-electron chi connectivity index (χ2n) is 6.36. The Balaban J connectivity index is 1.82. The molecule has 25 heavy (non-hydrogen) atoms. The maximum Gasteiger partial charge on any atom is 0.136 e. The molecule has 0 radical (unpaired) electrons. The topological polar surface area (TPSA) is 13.1 Å². The first-order chi connectivity index (χ1) is 12.3. The van der Waals surface area contributed by atoms with Gasteiger partial charge in [0.25, 0.3) is 0 Å². The summed E-state index contributed by atoms with van der Waals surface area (Å²) in [6, 6.07) is 23.3. The van der Waals surface area contributed by atoms with Gasteiger partial charge in [0.05, 0.1) is 5.02 Å². The van der Waals surface area contributed by atoms with Gasteiger partial charge < -0.3 is 4.42 Å². The first-order valence-electron chi connectivity index (χ1n) is 8.14. The Bertz CT molecular complexity index is 1460. The summed E-state index contributed by atoms with van der Waals surface area (Å²) in [7, 11) is 0. The maximum atomic E-state index is 6.44. The summed E-state index contributed by atoms with van der Waals surface area (Å²) in [5.74, 6) is 0. The standard InChI is InChI=1S/C22H11ClOS/c23-17-6-3-7-18-22(17)16-10-15-14-8-12-4-1-2-5-13(12)9-20(14)25-21(15)11-19(16)24-18/h1-11H. The molecule has 0 amide bonds. The summed E-state index contributed by atoms with van der Waals surface area (Å²) in [5.41, 5.74) is 1.74. The molecule has 0 spiro atoms. The third-order valence-electron chi connectivity index (χ3n) is 4.90. The summed E-state index contributed by atoms with van der Waals surface area (Å²) < 4.78 is 8.58. The number of halogens is 1. The van der Waals surface area contributed by atoms with Gasteiger partial charge in [-0.25, -0.2) is 0 Å². The minimum atomic E-state index is 0.737. The molecule has 0 unspecified atom stereocenters. The molecule has 2 aromatic heterocycles. The summed E-state index contributed by atoms with van der Waals surface area (Å²) in [5, 5.41) is 7.93. The number of fused-ring (bicyclic) bond motifs is 7. The zero-order chi connectivity index (χ0) is 16.5. The van der Waals surface area contributed by atoms with Gasteiger partial charge in [0.2, 0.25) is 0 Å². The van der Waals surface area contributed by atoms with E-state index >= 15 is 0 Å². The van der Waals surface area contributed by atoms with E-state index in [9.17, 15) is 0 Å². The highest BCUT2D eigenvalue weighted by atomic mass is 35.5. The van der Waals surface area contributed by atoms with E-state index in [1.54, 1.807) is 0 Å². The van der Waals surface area contributed by atoms with Crippen LogP contribution < -0.4 is 0 Å². The summed E-state index contributed by atoms with van der Waals surface area (Å²) in [6.45, 7) is 0. The van der Waals surface area contributed by atoms with E-state index in [0.717, 1.165) is 27.0 Å². The third kappa shape index (κ3) is 1.84. The summed E-state index contributed by atoms with van der Waals surface area (Å²) >= 11 is 8.25. The van der Waals surface area contributed by atoms with Crippen LogP contribution in [0.2, 0.25) is 5.02 Å². The van der Waals surface area contributed by atoms with Gasteiger partial charge >= 0.3 is 0 Å². The third-order valence-corrected chi connectivity index (χ3v) is 6.33. The predicted molar refractivity (Wildman–Crippen MR) is 109 cm³/mol. The first-order valence-corrected chi connectivity index (χ1v) is 9.33. The largest absolute Gasteiger partial charge is 0.456 e. The van der Waals surface area contributed by atoms with Gasteiger partial charge in [-0.3, -0.25) is 0 Å². The van der Waals surface area contributed by atoms with Crippen molar-refractivity contribution >= 4 is 75.8 Å². The van der Waals surface area contributed by atoms with E-state index in [2.05, 4.69) is 48.5 Å². The normalized spacial score (nSPS) is 12.2. The van der Waals surface area contributed by atoms with E-state index in [0.29, 0.717) is 0 Å². The quantitative estimate of drug-likeness (QED) is 0.270. The molecular formula is C22H11ClOS. The number of rotatable bonds is 0. The predicted octanol–water partition coefficient (Wildman–Crippen LogP) is 7.76. The molecule has 0 saturated heterocycles. The number of hydrogen-bond donors (Lipinski definition) is 0. The van der Waals surface area contributed by atoms with Crippen LogP contribution in [-0.2, 0) is 0 Å². The Morgan fingerprint density at radius 2 is 1.44 bits per heavy atom. The molecule has 1 nitrogen and oxygen atoms in total. The molecule has 6 aromatic rings. The molecule has 0 saturated carbocycles. The van der Waals surface area contributed by atoms with Crippen LogP contribution in [0.3, 0.4) is 0 Å². The molecule has 3 heteroatoms. The number of benzene rings is 4. The highest BCUT2D eigenvalue weighted by molar-refractivity contribution is 7.26. The Kier molecular flexibility index (Phi) is 2.61. The Morgan fingerprint density at radius 3 is 2.32 bits per heavy atom. The first kappa shape index (κ1) is 13.7. The molecule has 0 bridgehead atoms. The van der Waals surface area contributed by atoms with Crippen LogP contribution in [0.4, 0.5) is 0 Å². The monoisotopic (exact) mass is 358 g/mol. The van der Waals surface area contributed by atoms with Gasteiger partial charge in [-0.1, -0.05) is 41.9 Å². The molecule has 4 aromatic carbocycles. The zero-order valence-electron chi connectivity index (χ0n) is 13.0. The highest BCUT2D eigenvalue weighted by Crippen LogP contribution is 2.42. The number of hydrogen-bond acceptors (Lipinski definition) is 2. The minimum absolute atomic E-state index is 0.737. The van der Waals surface area contributed by atoms with E-state index in [4.69, 9.17) is 16.0 Å². The average molecular weight is 359 g/mol. The molecular weight excluding hydrogens is 348 g/mol. The van der Waals surface area contributed by atoms with Gasteiger partial charge in [-0.15, -0.1) is 11.3 Å². The van der Waals surface area contributed by atoms with Crippen LogP contribution in [0.5, 0.6) is 0 Å². The van der Waals surface area contributed by atoms with E-state index in [1.807, 2.05) is 29.5 Å². The fourth-order valence-corrected chi connectivity index (χ4v) is 5.15. The summed E-state index contributed by atoms with van der Waals surface area (Å²) in [4.78, 5) is 0. The van der Waals surface area contributed by atoms with Crippen molar-refractivity contribution in [3.63, 3.8) is 0 Å². The summed E-state index contributed by atoms with van der Waals surface area (Å²) in [6.07, 6.45) is 0. The Morgan fingerprint density at radius 1 is 0.680 bits per heavy atom. The molecule has 0 aliphatic carbocycles. The Hall–Kier alpha value is -2.55. The minimum Gasteiger partial charge on any atom is -0.456 e. The van der Waals surface area contributed by atoms with Gasteiger partial charge in [0.1, 0.15) is 11.2 Å².